The summed E-state index contributed by atoms with van der Waals surface area (Å²) in [6, 6.07) is 11.8. The number of thiophene rings is 1. The van der Waals surface area contributed by atoms with Gasteiger partial charge in [-0.2, -0.15) is 0 Å². The third kappa shape index (κ3) is 5.26. The smallest absolute Gasteiger partial charge is 0.335 e. The molecule has 0 saturated heterocycles. The summed E-state index contributed by atoms with van der Waals surface area (Å²) in [5.74, 6) is -0.810. The maximum atomic E-state index is 10.9. The highest BCUT2D eigenvalue weighted by atomic mass is 35.5. The largest absolute Gasteiger partial charge is 0.506 e. The Balaban J connectivity index is 1.69. The van der Waals surface area contributed by atoms with E-state index in [1.54, 1.807) is 42.5 Å². The number of carbonyl (C=O) groups is 1. The molecular formula is C22H17Cl2NO3S2. The molecule has 0 bridgehead atoms. The van der Waals surface area contributed by atoms with Crippen molar-refractivity contribution >= 4 is 63.3 Å². The zero-order chi connectivity index (χ0) is 21.8. The summed E-state index contributed by atoms with van der Waals surface area (Å²) in [6.07, 6.45) is 0.524. The fraction of sp³-hybridized carbons (Fsp3) is 0.136. The van der Waals surface area contributed by atoms with Crippen molar-refractivity contribution in [3.05, 3.63) is 74.6 Å². The van der Waals surface area contributed by atoms with Crippen LogP contribution < -0.4 is 0 Å². The predicted octanol–water partition coefficient (Wildman–Crippen LogP) is 6.55. The van der Waals surface area contributed by atoms with Gasteiger partial charge in [-0.3, -0.25) is 4.99 Å². The Hall–Kier alpha value is -2.25. The lowest BCUT2D eigenvalue weighted by Crippen LogP contribution is -2.07. The molecule has 0 radical (unpaired) electrons. The predicted molar refractivity (Wildman–Crippen MR) is 128 cm³/mol. The second-order valence-electron chi connectivity index (χ2n) is 6.58. The molecular weight excluding hydrogens is 461 g/mol. The van der Waals surface area contributed by atoms with Gasteiger partial charge in [-0.1, -0.05) is 53.6 Å². The van der Waals surface area contributed by atoms with Crippen LogP contribution >= 0.6 is 46.8 Å². The summed E-state index contributed by atoms with van der Waals surface area (Å²) in [5.41, 5.74) is 3.28. The summed E-state index contributed by atoms with van der Waals surface area (Å²) in [7, 11) is 0. The molecule has 8 heteroatoms. The maximum Gasteiger partial charge on any atom is 0.335 e. The highest BCUT2D eigenvalue weighted by Crippen LogP contribution is 2.40. The van der Waals surface area contributed by atoms with E-state index >= 15 is 0 Å². The highest BCUT2D eigenvalue weighted by Gasteiger charge is 2.15. The Bertz CT molecular complexity index is 1140. The van der Waals surface area contributed by atoms with E-state index in [0.29, 0.717) is 39.2 Å². The molecule has 0 unspecified atom stereocenters. The normalized spacial score (nSPS) is 11.5. The van der Waals surface area contributed by atoms with Crippen molar-refractivity contribution in [2.45, 2.75) is 13.3 Å². The molecule has 30 heavy (non-hydrogen) atoms. The Labute approximate surface area is 193 Å². The zero-order valence-electron chi connectivity index (χ0n) is 15.9. The first-order chi connectivity index (χ1) is 14.3. The average molecular weight is 478 g/mol. The van der Waals surface area contributed by atoms with Gasteiger partial charge >= 0.3 is 5.97 Å². The van der Waals surface area contributed by atoms with E-state index in [0.717, 1.165) is 16.0 Å². The van der Waals surface area contributed by atoms with Crippen LogP contribution in [0.4, 0.5) is 0 Å². The second-order valence-corrected chi connectivity index (χ2v) is 8.85. The number of halogens is 2. The Morgan fingerprint density at radius 1 is 1.13 bits per heavy atom. The van der Waals surface area contributed by atoms with E-state index in [1.165, 1.54) is 11.3 Å². The minimum Gasteiger partial charge on any atom is -0.506 e. The number of hydrogen-bond donors (Lipinski definition) is 2. The third-order valence-corrected chi connectivity index (χ3v) is 6.46. The molecule has 0 spiro atoms. The van der Waals surface area contributed by atoms with Gasteiger partial charge in [0.15, 0.2) is 0 Å². The van der Waals surface area contributed by atoms with Gasteiger partial charge in [-0.05, 0) is 42.3 Å². The van der Waals surface area contributed by atoms with Crippen LogP contribution in [0.2, 0.25) is 10.0 Å². The maximum absolute atomic E-state index is 10.9. The number of carboxylic acid groups (broad SMARTS) is 1. The van der Waals surface area contributed by atoms with Crippen molar-refractivity contribution < 1.29 is 15.0 Å². The lowest BCUT2D eigenvalue weighted by Gasteiger charge is -2.05. The summed E-state index contributed by atoms with van der Waals surface area (Å²) in [4.78, 5) is 16.9. The van der Waals surface area contributed by atoms with Crippen LogP contribution in [0.15, 0.2) is 52.8 Å². The molecule has 2 N–H and O–H groups in total. The van der Waals surface area contributed by atoms with Crippen molar-refractivity contribution in [1.29, 1.82) is 0 Å². The van der Waals surface area contributed by atoms with Crippen LogP contribution in [0, 0.1) is 0 Å². The number of thiocarbonyl (C=S) groups is 1. The first kappa shape index (κ1) is 22.4. The van der Waals surface area contributed by atoms with Crippen LogP contribution in [-0.2, 0) is 6.42 Å². The van der Waals surface area contributed by atoms with E-state index in [9.17, 15) is 9.90 Å². The lowest BCUT2D eigenvalue weighted by molar-refractivity contribution is 0.0697. The molecule has 1 aromatic heterocycles. The molecule has 0 aliphatic rings. The number of carboxylic acids is 1. The van der Waals surface area contributed by atoms with Gasteiger partial charge in [0.1, 0.15) is 5.75 Å². The summed E-state index contributed by atoms with van der Waals surface area (Å²) in [5, 5.41) is 22.3. The van der Waals surface area contributed by atoms with Gasteiger partial charge in [0.05, 0.1) is 27.0 Å². The van der Waals surface area contributed by atoms with Gasteiger partial charge in [-0.15, -0.1) is 11.3 Å². The molecule has 0 fully saturated rings. The van der Waals surface area contributed by atoms with E-state index in [2.05, 4.69) is 4.99 Å². The first-order valence-electron chi connectivity index (χ1n) is 8.87. The van der Waals surface area contributed by atoms with E-state index in [1.807, 2.05) is 12.3 Å². The molecule has 3 rings (SSSR count). The van der Waals surface area contributed by atoms with Crippen LogP contribution in [0.5, 0.6) is 5.75 Å². The highest BCUT2D eigenvalue weighted by molar-refractivity contribution is 7.80. The van der Waals surface area contributed by atoms with Crippen molar-refractivity contribution in [3.63, 3.8) is 0 Å². The lowest BCUT2D eigenvalue weighted by atomic mass is 10.1. The van der Waals surface area contributed by atoms with Gasteiger partial charge in [0, 0.05) is 27.9 Å². The number of benzene rings is 2. The molecule has 2 aromatic carbocycles. The van der Waals surface area contributed by atoms with Crippen molar-refractivity contribution in [3.8, 4) is 16.2 Å². The van der Waals surface area contributed by atoms with Gasteiger partial charge < -0.3 is 10.2 Å². The van der Waals surface area contributed by atoms with Gasteiger partial charge in [-0.25, -0.2) is 4.79 Å². The summed E-state index contributed by atoms with van der Waals surface area (Å²) >= 11 is 18.9. The topological polar surface area (TPSA) is 69.9 Å². The molecule has 0 aliphatic heterocycles. The fourth-order valence-electron chi connectivity index (χ4n) is 2.79. The second kappa shape index (κ2) is 9.71. The van der Waals surface area contributed by atoms with Crippen molar-refractivity contribution in [2.24, 2.45) is 4.99 Å². The summed E-state index contributed by atoms with van der Waals surface area (Å²) < 4.78 is 0. The Morgan fingerprint density at radius 3 is 2.47 bits per heavy atom. The molecule has 0 amide bonds. The van der Waals surface area contributed by atoms with Crippen LogP contribution in [0.1, 0.15) is 28.4 Å². The minimum atomic E-state index is -0.958. The molecule has 0 aliphatic carbocycles. The minimum absolute atomic E-state index is 0.148. The molecule has 0 atom stereocenters. The first-order valence-corrected chi connectivity index (χ1v) is 10.9. The van der Waals surface area contributed by atoms with Crippen LogP contribution in [0.3, 0.4) is 0 Å². The van der Waals surface area contributed by atoms with Crippen LogP contribution in [-0.4, -0.2) is 33.3 Å². The Morgan fingerprint density at radius 2 is 1.83 bits per heavy atom. The molecule has 154 valence electrons. The van der Waals surface area contributed by atoms with Gasteiger partial charge in [0.25, 0.3) is 0 Å². The number of nitrogens with zero attached hydrogens (tertiary/aromatic N) is 1. The zero-order valence-corrected chi connectivity index (χ0v) is 19.0. The number of aromatic carboxylic acids is 1. The molecule has 4 nitrogen and oxygen atoms in total. The monoisotopic (exact) mass is 477 g/mol. The number of aromatic hydroxyl groups is 1. The summed E-state index contributed by atoms with van der Waals surface area (Å²) in [6.45, 7) is 2.16. The fourth-order valence-corrected chi connectivity index (χ4v) is 4.32. The van der Waals surface area contributed by atoms with E-state index < -0.39 is 5.97 Å². The SMILES string of the molecule is CC(=NCC(=S)Cc1ccc(C(=O)O)cc1)c1csc(-c2ccc(Cl)c(Cl)c2)c1O. The number of hydrogen-bond acceptors (Lipinski definition) is 5. The van der Waals surface area contributed by atoms with Gasteiger partial charge in [0.2, 0.25) is 0 Å². The van der Waals surface area contributed by atoms with Crippen molar-refractivity contribution in [1.82, 2.24) is 0 Å². The van der Waals surface area contributed by atoms with E-state index in [-0.39, 0.29) is 11.3 Å². The van der Waals surface area contributed by atoms with E-state index in [4.69, 9.17) is 40.5 Å². The quantitative estimate of drug-likeness (QED) is 0.299. The molecule has 1 heterocycles. The molecule has 0 saturated carbocycles. The average Bonchev–Trinajstić information content (AvgIpc) is 3.10. The Kier molecular flexibility index (Phi) is 7.26. The standard InChI is InChI=1S/C22H17Cl2NO3S2/c1-12(25-10-16(29)8-13-2-4-14(5-3-13)22(27)28)17-11-30-21(20(17)26)15-6-7-18(23)19(24)9-15/h2-7,9,11,26H,8,10H2,1H3,(H,27,28). The number of aliphatic imine (C=N–C) groups is 1. The third-order valence-electron chi connectivity index (χ3n) is 4.43. The van der Waals surface area contributed by atoms with Crippen molar-refractivity contribution in [2.75, 3.05) is 6.54 Å². The number of rotatable bonds is 7. The molecule has 3 aromatic rings. The van der Waals surface area contributed by atoms with Crippen LogP contribution in [0.25, 0.3) is 10.4 Å².